The molecule has 2 aromatic heterocycles. The van der Waals surface area contributed by atoms with Gasteiger partial charge in [0, 0.05) is 19.0 Å². The Bertz CT molecular complexity index is 916. The molecule has 1 aliphatic rings. The predicted molar refractivity (Wildman–Crippen MR) is 90.2 cm³/mol. The number of aromatic nitrogens is 4. The quantitative estimate of drug-likeness (QED) is 0.692. The number of rotatable bonds is 7. The van der Waals surface area contributed by atoms with Crippen molar-refractivity contribution in [2.45, 2.75) is 44.4 Å². The molecule has 1 saturated carbocycles. The van der Waals surface area contributed by atoms with Crippen LogP contribution in [0.4, 0.5) is 13.2 Å². The Balaban J connectivity index is 1.36. The molecule has 0 radical (unpaired) electrons. The van der Waals surface area contributed by atoms with Crippen LogP contribution in [-0.2, 0) is 16.1 Å². The van der Waals surface area contributed by atoms with Gasteiger partial charge in [0.05, 0.1) is 12.6 Å². The molecule has 2 heterocycles. The summed E-state index contributed by atoms with van der Waals surface area (Å²) >= 11 is 0. The Kier molecular flexibility index (Phi) is 5.66. The van der Waals surface area contributed by atoms with Gasteiger partial charge < -0.3 is 10.6 Å². The molecule has 0 saturated heterocycles. The second-order valence-electron chi connectivity index (χ2n) is 6.78. The number of carbonyl (C=O) groups excluding carboxylic acids is 2. The van der Waals surface area contributed by atoms with E-state index in [1.807, 2.05) is 0 Å². The Morgan fingerprint density at radius 1 is 1.21 bits per heavy atom. The summed E-state index contributed by atoms with van der Waals surface area (Å²) in [6.45, 7) is 0.127. The van der Waals surface area contributed by atoms with Crippen LogP contribution in [0.3, 0.4) is 0 Å². The maximum Gasteiger partial charge on any atom is 0.389 e. The van der Waals surface area contributed by atoms with E-state index < -0.39 is 30.5 Å². The highest BCUT2D eigenvalue weighted by Crippen LogP contribution is 2.27. The summed E-state index contributed by atoms with van der Waals surface area (Å²) < 4.78 is 38.6. The first-order valence-electron chi connectivity index (χ1n) is 8.73. The Labute approximate surface area is 156 Å². The molecular weight excluding hydrogens is 381 g/mol. The van der Waals surface area contributed by atoms with Crippen LogP contribution >= 0.6 is 0 Å². The number of amides is 2. The van der Waals surface area contributed by atoms with Crippen molar-refractivity contribution in [2.75, 3.05) is 6.54 Å². The zero-order valence-electron chi connectivity index (χ0n) is 14.8. The standard InChI is InChI=1S/C16H19F3N6O3/c17-16(18,19)3-1-13(26)23-11-5-10(6-11)7-20-14(27)8-24-15(28)12-2-4-21-25(12)9-22-24/h2,4,9-11H,1,3,5-8H2,(H,20,27)(H,23,26). The lowest BCUT2D eigenvalue weighted by Crippen LogP contribution is -2.48. The number of hydrogen-bond donors (Lipinski definition) is 2. The molecule has 2 aromatic rings. The molecule has 1 aliphatic carbocycles. The summed E-state index contributed by atoms with van der Waals surface area (Å²) in [5, 5.41) is 13.0. The number of carbonyl (C=O) groups is 2. The van der Waals surface area contributed by atoms with Crippen LogP contribution in [0, 0.1) is 5.92 Å². The fourth-order valence-corrected chi connectivity index (χ4v) is 3.01. The normalized spacial score (nSPS) is 19.2. The zero-order valence-corrected chi connectivity index (χ0v) is 14.8. The zero-order chi connectivity index (χ0) is 20.3. The maximum absolute atomic E-state index is 12.1. The number of fused-ring (bicyclic) bond motifs is 1. The van der Waals surface area contributed by atoms with Crippen molar-refractivity contribution in [3.63, 3.8) is 0 Å². The third kappa shape index (κ3) is 5.08. The van der Waals surface area contributed by atoms with Gasteiger partial charge in [-0.2, -0.15) is 23.4 Å². The summed E-state index contributed by atoms with van der Waals surface area (Å²) in [5.41, 5.74) is -0.119. The van der Waals surface area contributed by atoms with Gasteiger partial charge in [-0.05, 0) is 24.8 Å². The molecule has 1 fully saturated rings. The summed E-state index contributed by atoms with van der Waals surface area (Å²) in [6, 6.07) is 1.35. The van der Waals surface area contributed by atoms with Crippen molar-refractivity contribution in [3.05, 3.63) is 28.9 Å². The van der Waals surface area contributed by atoms with Gasteiger partial charge in [-0.1, -0.05) is 0 Å². The average molecular weight is 400 g/mol. The molecule has 0 atom stereocenters. The molecule has 28 heavy (non-hydrogen) atoms. The van der Waals surface area contributed by atoms with E-state index in [0.29, 0.717) is 24.9 Å². The Morgan fingerprint density at radius 3 is 2.68 bits per heavy atom. The van der Waals surface area contributed by atoms with Crippen molar-refractivity contribution in [2.24, 2.45) is 5.92 Å². The van der Waals surface area contributed by atoms with Crippen molar-refractivity contribution < 1.29 is 22.8 Å². The van der Waals surface area contributed by atoms with E-state index in [-0.39, 0.29) is 24.4 Å². The summed E-state index contributed by atoms with van der Waals surface area (Å²) in [5.74, 6) is -0.875. The first kappa shape index (κ1) is 19.8. The first-order chi connectivity index (χ1) is 13.2. The fourth-order valence-electron chi connectivity index (χ4n) is 3.01. The molecule has 0 unspecified atom stereocenters. The minimum Gasteiger partial charge on any atom is -0.354 e. The molecule has 0 spiro atoms. The van der Waals surface area contributed by atoms with Gasteiger partial charge in [0.15, 0.2) is 0 Å². The highest BCUT2D eigenvalue weighted by atomic mass is 19.4. The predicted octanol–water partition coefficient (Wildman–Crippen LogP) is 0.244. The highest BCUT2D eigenvalue weighted by molar-refractivity contribution is 5.76. The second-order valence-corrected chi connectivity index (χ2v) is 6.78. The second kappa shape index (κ2) is 7.98. The van der Waals surface area contributed by atoms with Gasteiger partial charge >= 0.3 is 6.18 Å². The topological polar surface area (TPSA) is 110 Å². The van der Waals surface area contributed by atoms with E-state index in [1.165, 1.54) is 23.1 Å². The number of nitrogens with one attached hydrogen (secondary N) is 2. The van der Waals surface area contributed by atoms with Gasteiger partial charge in [-0.25, -0.2) is 9.20 Å². The van der Waals surface area contributed by atoms with E-state index in [9.17, 15) is 27.6 Å². The van der Waals surface area contributed by atoms with Crippen molar-refractivity contribution >= 4 is 17.3 Å². The molecule has 9 nitrogen and oxygen atoms in total. The van der Waals surface area contributed by atoms with Gasteiger partial charge in [-0.15, -0.1) is 0 Å². The van der Waals surface area contributed by atoms with E-state index in [1.54, 1.807) is 0 Å². The van der Waals surface area contributed by atoms with Crippen molar-refractivity contribution in [1.82, 2.24) is 30.0 Å². The summed E-state index contributed by atoms with van der Waals surface area (Å²) in [6.07, 6.45) is -2.10. The molecule has 3 rings (SSSR count). The minimum absolute atomic E-state index is 0.124. The van der Waals surface area contributed by atoms with Gasteiger partial charge in [0.25, 0.3) is 5.56 Å². The lowest BCUT2D eigenvalue weighted by atomic mass is 9.80. The van der Waals surface area contributed by atoms with Crippen molar-refractivity contribution in [3.8, 4) is 0 Å². The van der Waals surface area contributed by atoms with Crippen LogP contribution in [0.5, 0.6) is 0 Å². The van der Waals surface area contributed by atoms with Gasteiger partial charge in [-0.3, -0.25) is 14.4 Å². The SMILES string of the molecule is O=C(Cn1ncn2nccc2c1=O)NCC1CC(NC(=O)CCC(F)(F)F)C1. The number of alkyl halides is 3. The van der Waals surface area contributed by atoms with Gasteiger partial charge in [0.2, 0.25) is 11.8 Å². The molecule has 152 valence electrons. The highest BCUT2D eigenvalue weighted by Gasteiger charge is 2.32. The van der Waals surface area contributed by atoms with Crippen molar-refractivity contribution in [1.29, 1.82) is 0 Å². The van der Waals surface area contributed by atoms with Crippen LogP contribution in [0.15, 0.2) is 23.4 Å². The maximum atomic E-state index is 12.1. The average Bonchev–Trinajstić information content (AvgIpc) is 3.06. The third-order valence-electron chi connectivity index (χ3n) is 4.54. The lowest BCUT2D eigenvalue weighted by Gasteiger charge is -2.36. The van der Waals surface area contributed by atoms with E-state index in [0.717, 1.165) is 4.68 Å². The van der Waals surface area contributed by atoms with Crippen LogP contribution in [0.25, 0.3) is 5.52 Å². The van der Waals surface area contributed by atoms with Crippen LogP contribution in [0.1, 0.15) is 25.7 Å². The molecule has 2 N–H and O–H groups in total. The largest absolute Gasteiger partial charge is 0.389 e. The Morgan fingerprint density at radius 2 is 1.96 bits per heavy atom. The van der Waals surface area contributed by atoms with Crippen LogP contribution in [-0.4, -0.2) is 50.0 Å². The van der Waals surface area contributed by atoms with Crippen LogP contribution < -0.4 is 16.2 Å². The molecule has 2 amide bonds. The minimum atomic E-state index is -4.34. The molecule has 0 aromatic carbocycles. The first-order valence-corrected chi connectivity index (χ1v) is 8.73. The molecule has 0 bridgehead atoms. The van der Waals surface area contributed by atoms with E-state index in [2.05, 4.69) is 20.8 Å². The van der Waals surface area contributed by atoms with E-state index in [4.69, 9.17) is 0 Å². The monoisotopic (exact) mass is 400 g/mol. The number of halogens is 3. The number of nitrogens with zero attached hydrogens (tertiary/aromatic N) is 4. The smallest absolute Gasteiger partial charge is 0.354 e. The van der Waals surface area contributed by atoms with Gasteiger partial charge in [0.1, 0.15) is 18.4 Å². The fraction of sp³-hybridized carbons (Fsp3) is 0.562. The summed E-state index contributed by atoms with van der Waals surface area (Å²) in [4.78, 5) is 35.6. The third-order valence-corrected chi connectivity index (χ3v) is 4.54. The molecule has 12 heteroatoms. The molecule has 0 aliphatic heterocycles. The van der Waals surface area contributed by atoms with Crippen LogP contribution in [0.2, 0.25) is 0 Å². The van der Waals surface area contributed by atoms with E-state index >= 15 is 0 Å². The summed E-state index contributed by atoms with van der Waals surface area (Å²) in [7, 11) is 0. The molecular formula is C16H19F3N6O3. The number of hydrogen-bond acceptors (Lipinski definition) is 5. The Hall–Kier alpha value is -2.92. The lowest BCUT2D eigenvalue weighted by molar-refractivity contribution is -0.144.